The van der Waals surface area contributed by atoms with E-state index >= 15 is 0 Å². The van der Waals surface area contributed by atoms with Gasteiger partial charge in [-0.3, -0.25) is 9.78 Å². The minimum absolute atomic E-state index is 0.186. The second-order valence-electron chi connectivity index (χ2n) is 5.61. The van der Waals surface area contributed by atoms with Gasteiger partial charge < -0.3 is 10.6 Å². The fraction of sp³-hybridized carbons (Fsp3) is 0.412. The van der Waals surface area contributed by atoms with Crippen LogP contribution in [0, 0.1) is 0 Å². The van der Waals surface area contributed by atoms with Crippen LogP contribution in [0.1, 0.15) is 31.2 Å². The summed E-state index contributed by atoms with van der Waals surface area (Å²) in [6.07, 6.45) is 5.61. The molecule has 3 rings (SSSR count). The van der Waals surface area contributed by atoms with Gasteiger partial charge in [-0.15, -0.1) is 0 Å². The second kappa shape index (κ2) is 6.68. The molecule has 0 radical (unpaired) electrons. The average Bonchev–Trinajstić information content (AvgIpc) is 3.31. The van der Waals surface area contributed by atoms with Crippen molar-refractivity contribution >= 4 is 16.8 Å². The van der Waals surface area contributed by atoms with E-state index in [1.807, 2.05) is 12.3 Å². The molecule has 1 fully saturated rings. The van der Waals surface area contributed by atoms with Crippen molar-refractivity contribution in [3.05, 3.63) is 42.1 Å². The first-order valence-electron chi connectivity index (χ1n) is 7.65. The highest BCUT2D eigenvalue weighted by Crippen LogP contribution is 2.18. The first-order chi connectivity index (χ1) is 10.3. The number of carbonyl (C=O) groups is 1. The number of amides is 1. The van der Waals surface area contributed by atoms with E-state index in [4.69, 9.17) is 0 Å². The molecule has 0 saturated heterocycles. The van der Waals surface area contributed by atoms with Crippen LogP contribution in [-0.2, 0) is 11.3 Å². The number of fused-ring (bicyclic) bond motifs is 1. The van der Waals surface area contributed by atoms with Crippen LogP contribution in [0.4, 0.5) is 0 Å². The van der Waals surface area contributed by atoms with Crippen LogP contribution in [0.3, 0.4) is 0 Å². The number of carbonyl (C=O) groups excluding carboxylic acids is 1. The highest BCUT2D eigenvalue weighted by Gasteiger charge is 2.22. The molecule has 0 atom stereocenters. The Kier molecular flexibility index (Phi) is 4.46. The van der Waals surface area contributed by atoms with E-state index in [-0.39, 0.29) is 5.91 Å². The van der Waals surface area contributed by atoms with E-state index < -0.39 is 0 Å². The Hall–Kier alpha value is -1.94. The molecule has 21 heavy (non-hydrogen) atoms. The van der Waals surface area contributed by atoms with Gasteiger partial charge in [0.2, 0.25) is 5.91 Å². The van der Waals surface area contributed by atoms with Crippen LogP contribution in [0.2, 0.25) is 0 Å². The summed E-state index contributed by atoms with van der Waals surface area (Å²) in [6, 6.07) is 10.7. The van der Waals surface area contributed by atoms with Crippen molar-refractivity contribution in [1.82, 2.24) is 15.6 Å². The molecule has 1 aliphatic rings. The monoisotopic (exact) mass is 283 g/mol. The third-order valence-electron chi connectivity index (χ3n) is 3.73. The standard InChI is InChI=1S/C17H21N3O/c21-16(20-15-8-9-15)7-3-10-18-12-14-5-1-4-13-6-2-11-19-17(13)14/h1-2,4-6,11,15,18H,3,7-10,12H2,(H,20,21). The summed E-state index contributed by atoms with van der Waals surface area (Å²) in [7, 11) is 0. The van der Waals surface area contributed by atoms with Crippen molar-refractivity contribution in [1.29, 1.82) is 0 Å². The Morgan fingerprint density at radius 2 is 2.10 bits per heavy atom. The van der Waals surface area contributed by atoms with Gasteiger partial charge in [-0.25, -0.2) is 0 Å². The molecule has 110 valence electrons. The number of hydrogen-bond acceptors (Lipinski definition) is 3. The summed E-state index contributed by atoms with van der Waals surface area (Å²) in [4.78, 5) is 16.0. The van der Waals surface area contributed by atoms with Gasteiger partial charge in [0, 0.05) is 30.6 Å². The van der Waals surface area contributed by atoms with Crippen LogP contribution >= 0.6 is 0 Å². The van der Waals surface area contributed by atoms with Crippen molar-refractivity contribution in [3.8, 4) is 0 Å². The van der Waals surface area contributed by atoms with Crippen LogP contribution in [0.5, 0.6) is 0 Å². The summed E-state index contributed by atoms with van der Waals surface area (Å²) in [6.45, 7) is 1.64. The van der Waals surface area contributed by atoms with Gasteiger partial charge in [0.05, 0.1) is 5.52 Å². The molecule has 2 N–H and O–H groups in total. The molecule has 0 spiro atoms. The second-order valence-corrected chi connectivity index (χ2v) is 5.61. The summed E-state index contributed by atoms with van der Waals surface area (Å²) >= 11 is 0. The quantitative estimate of drug-likeness (QED) is 0.767. The zero-order valence-corrected chi connectivity index (χ0v) is 12.1. The Labute approximate surface area is 125 Å². The fourth-order valence-corrected chi connectivity index (χ4v) is 2.43. The Bertz CT molecular complexity index is 617. The zero-order valence-electron chi connectivity index (χ0n) is 12.1. The van der Waals surface area contributed by atoms with E-state index in [1.54, 1.807) is 0 Å². The lowest BCUT2D eigenvalue weighted by molar-refractivity contribution is -0.121. The summed E-state index contributed by atoms with van der Waals surface area (Å²) in [5, 5.41) is 7.58. The van der Waals surface area contributed by atoms with Crippen LogP contribution in [0.15, 0.2) is 36.5 Å². The lowest BCUT2D eigenvalue weighted by atomic mass is 10.1. The number of nitrogens with zero attached hydrogens (tertiary/aromatic N) is 1. The predicted molar refractivity (Wildman–Crippen MR) is 83.8 cm³/mol. The van der Waals surface area contributed by atoms with Gasteiger partial charge in [0.15, 0.2) is 0 Å². The minimum Gasteiger partial charge on any atom is -0.353 e. The molecule has 1 aromatic heterocycles. The molecule has 0 unspecified atom stereocenters. The molecule has 4 nitrogen and oxygen atoms in total. The molecular formula is C17H21N3O. The molecule has 1 aliphatic carbocycles. The maximum absolute atomic E-state index is 11.6. The normalized spacial score (nSPS) is 14.3. The van der Waals surface area contributed by atoms with E-state index in [9.17, 15) is 4.79 Å². The summed E-state index contributed by atoms with van der Waals surface area (Å²) in [5.41, 5.74) is 2.26. The van der Waals surface area contributed by atoms with Gasteiger partial charge in [-0.2, -0.15) is 0 Å². The molecule has 1 saturated carbocycles. The highest BCUT2D eigenvalue weighted by atomic mass is 16.1. The molecule has 0 bridgehead atoms. The van der Waals surface area contributed by atoms with Gasteiger partial charge >= 0.3 is 0 Å². The fourth-order valence-electron chi connectivity index (χ4n) is 2.43. The lowest BCUT2D eigenvalue weighted by Crippen LogP contribution is -2.26. The number of para-hydroxylation sites is 1. The summed E-state index contributed by atoms with van der Waals surface area (Å²) < 4.78 is 0. The number of pyridine rings is 1. The maximum atomic E-state index is 11.6. The summed E-state index contributed by atoms with van der Waals surface area (Å²) in [5.74, 6) is 0.186. The van der Waals surface area contributed by atoms with E-state index in [0.29, 0.717) is 12.5 Å². The van der Waals surface area contributed by atoms with E-state index in [2.05, 4.69) is 39.9 Å². The topological polar surface area (TPSA) is 54.0 Å². The number of benzene rings is 1. The number of aromatic nitrogens is 1. The predicted octanol–water partition coefficient (Wildman–Crippen LogP) is 2.38. The third kappa shape index (κ3) is 4.02. The molecule has 2 aromatic rings. The molecule has 0 aliphatic heterocycles. The Morgan fingerprint density at radius 3 is 2.95 bits per heavy atom. The number of hydrogen-bond donors (Lipinski definition) is 2. The van der Waals surface area contributed by atoms with Crippen molar-refractivity contribution in [2.45, 2.75) is 38.3 Å². The third-order valence-corrected chi connectivity index (χ3v) is 3.73. The molecule has 1 amide bonds. The van der Waals surface area contributed by atoms with Crippen molar-refractivity contribution in [3.63, 3.8) is 0 Å². The average molecular weight is 283 g/mol. The Balaban J connectivity index is 1.43. The number of nitrogens with one attached hydrogen (secondary N) is 2. The van der Waals surface area contributed by atoms with Crippen LogP contribution < -0.4 is 10.6 Å². The van der Waals surface area contributed by atoms with Crippen LogP contribution in [0.25, 0.3) is 10.9 Å². The molecular weight excluding hydrogens is 262 g/mol. The largest absolute Gasteiger partial charge is 0.353 e. The Morgan fingerprint density at radius 1 is 1.24 bits per heavy atom. The smallest absolute Gasteiger partial charge is 0.220 e. The van der Waals surface area contributed by atoms with Gasteiger partial charge in [-0.1, -0.05) is 24.3 Å². The SMILES string of the molecule is O=C(CCCNCc1cccc2cccnc12)NC1CC1. The zero-order chi connectivity index (χ0) is 14.5. The van der Waals surface area contributed by atoms with E-state index in [1.165, 1.54) is 10.9 Å². The maximum Gasteiger partial charge on any atom is 0.220 e. The lowest BCUT2D eigenvalue weighted by Gasteiger charge is -2.08. The molecule has 4 heteroatoms. The first kappa shape index (κ1) is 14.0. The molecule has 1 heterocycles. The first-order valence-corrected chi connectivity index (χ1v) is 7.65. The van der Waals surface area contributed by atoms with Gasteiger partial charge in [-0.05, 0) is 37.4 Å². The number of rotatable bonds is 7. The van der Waals surface area contributed by atoms with E-state index in [0.717, 1.165) is 37.9 Å². The highest BCUT2D eigenvalue weighted by molar-refractivity contribution is 5.81. The van der Waals surface area contributed by atoms with Crippen molar-refractivity contribution in [2.24, 2.45) is 0 Å². The van der Waals surface area contributed by atoms with Crippen LogP contribution in [-0.4, -0.2) is 23.5 Å². The minimum atomic E-state index is 0.186. The van der Waals surface area contributed by atoms with Crippen molar-refractivity contribution in [2.75, 3.05) is 6.54 Å². The van der Waals surface area contributed by atoms with Gasteiger partial charge in [0.25, 0.3) is 0 Å². The van der Waals surface area contributed by atoms with Crippen molar-refractivity contribution < 1.29 is 4.79 Å². The van der Waals surface area contributed by atoms with Gasteiger partial charge in [0.1, 0.15) is 0 Å². The molecule has 1 aromatic carbocycles.